The van der Waals surface area contributed by atoms with Gasteiger partial charge in [-0.15, -0.1) is 0 Å². The number of amides is 1. The van der Waals surface area contributed by atoms with E-state index in [9.17, 15) is 4.79 Å². The van der Waals surface area contributed by atoms with Crippen LogP contribution in [0.4, 0.5) is 5.69 Å². The van der Waals surface area contributed by atoms with E-state index < -0.39 is 6.10 Å². The Balaban J connectivity index is 2.65. The smallest absolute Gasteiger partial charge is 0.272 e. The first kappa shape index (κ1) is 10.5. The number of hydrogen-bond acceptors (Lipinski definition) is 4. The molecule has 1 heterocycles. The Morgan fingerprint density at radius 1 is 1.79 bits per heavy atom. The predicted octanol–water partition coefficient (Wildman–Crippen LogP) is -0.226. The van der Waals surface area contributed by atoms with E-state index in [1.807, 2.05) is 0 Å². The summed E-state index contributed by atoms with van der Waals surface area (Å²) in [4.78, 5) is 15.2. The third-order valence-corrected chi connectivity index (χ3v) is 1.61. The number of aromatic nitrogens is 1. The van der Waals surface area contributed by atoms with E-state index in [0.717, 1.165) is 0 Å². The lowest BCUT2D eigenvalue weighted by molar-refractivity contribution is 0.0920. The van der Waals surface area contributed by atoms with Gasteiger partial charge in [-0.2, -0.15) is 0 Å². The zero-order chi connectivity index (χ0) is 10.6. The third-order valence-electron chi connectivity index (χ3n) is 1.61. The molecule has 1 atom stereocenters. The van der Waals surface area contributed by atoms with Crippen LogP contribution < -0.4 is 11.1 Å². The molecule has 76 valence electrons. The molecule has 0 aliphatic heterocycles. The van der Waals surface area contributed by atoms with Gasteiger partial charge in [-0.05, 0) is 19.1 Å². The fourth-order valence-corrected chi connectivity index (χ4v) is 0.932. The highest BCUT2D eigenvalue weighted by Crippen LogP contribution is 2.05. The number of nitrogens with one attached hydrogen (secondary N) is 1. The molecule has 1 aromatic rings. The standard InChI is InChI=1S/C9H13N3O2/c1-6(13)5-12-9(14)8-7(10)3-2-4-11-8/h2-4,6,13H,5,10H2,1H3,(H,12,14)/t6-/m1/s1. The van der Waals surface area contributed by atoms with Crippen LogP contribution in [0.2, 0.25) is 0 Å². The summed E-state index contributed by atoms with van der Waals surface area (Å²) in [6.45, 7) is 1.77. The predicted molar refractivity (Wildman–Crippen MR) is 52.7 cm³/mol. The molecule has 0 aliphatic carbocycles. The van der Waals surface area contributed by atoms with Crippen LogP contribution in [0.5, 0.6) is 0 Å². The van der Waals surface area contributed by atoms with Crippen molar-refractivity contribution in [1.29, 1.82) is 0 Å². The van der Waals surface area contributed by atoms with Crippen molar-refractivity contribution in [3.05, 3.63) is 24.0 Å². The molecule has 0 aliphatic rings. The molecule has 0 fully saturated rings. The van der Waals surface area contributed by atoms with Crippen molar-refractivity contribution in [2.75, 3.05) is 12.3 Å². The number of pyridine rings is 1. The van der Waals surface area contributed by atoms with Gasteiger partial charge in [-0.3, -0.25) is 4.79 Å². The topological polar surface area (TPSA) is 88.2 Å². The van der Waals surface area contributed by atoms with Gasteiger partial charge in [0.05, 0.1) is 11.8 Å². The molecular weight excluding hydrogens is 182 g/mol. The average molecular weight is 195 g/mol. The van der Waals surface area contributed by atoms with Crippen molar-refractivity contribution in [2.45, 2.75) is 13.0 Å². The number of nitrogens with zero attached hydrogens (tertiary/aromatic N) is 1. The van der Waals surface area contributed by atoms with Gasteiger partial charge in [0.1, 0.15) is 0 Å². The summed E-state index contributed by atoms with van der Waals surface area (Å²) in [5, 5.41) is 11.5. The van der Waals surface area contributed by atoms with E-state index in [-0.39, 0.29) is 18.1 Å². The van der Waals surface area contributed by atoms with Crippen LogP contribution in [0.1, 0.15) is 17.4 Å². The quantitative estimate of drug-likeness (QED) is 0.622. The molecule has 1 amide bonds. The number of aliphatic hydroxyl groups excluding tert-OH is 1. The zero-order valence-corrected chi connectivity index (χ0v) is 7.90. The van der Waals surface area contributed by atoms with E-state index in [1.54, 1.807) is 19.1 Å². The second kappa shape index (κ2) is 4.57. The summed E-state index contributed by atoms with van der Waals surface area (Å²) in [5.41, 5.74) is 6.06. The molecule has 5 nitrogen and oxygen atoms in total. The summed E-state index contributed by atoms with van der Waals surface area (Å²) in [6, 6.07) is 3.26. The molecule has 4 N–H and O–H groups in total. The van der Waals surface area contributed by atoms with Crippen molar-refractivity contribution in [3.63, 3.8) is 0 Å². The lowest BCUT2D eigenvalue weighted by Crippen LogP contribution is -2.31. The summed E-state index contributed by atoms with van der Waals surface area (Å²) in [6.07, 6.45) is 0.914. The molecule has 0 unspecified atom stereocenters. The number of anilines is 1. The van der Waals surface area contributed by atoms with Gasteiger partial charge in [-0.1, -0.05) is 0 Å². The van der Waals surface area contributed by atoms with Crippen LogP contribution in [0, 0.1) is 0 Å². The van der Waals surface area contributed by atoms with Gasteiger partial charge < -0.3 is 16.2 Å². The van der Waals surface area contributed by atoms with E-state index >= 15 is 0 Å². The maximum atomic E-state index is 11.4. The van der Waals surface area contributed by atoms with Crippen molar-refractivity contribution < 1.29 is 9.90 Å². The summed E-state index contributed by atoms with van der Waals surface area (Å²) < 4.78 is 0. The second-order valence-electron chi connectivity index (χ2n) is 3.00. The summed E-state index contributed by atoms with van der Waals surface area (Å²) in [5.74, 6) is -0.371. The SMILES string of the molecule is C[C@@H](O)CNC(=O)c1ncccc1N. The number of hydrogen-bond donors (Lipinski definition) is 3. The minimum absolute atomic E-state index is 0.188. The van der Waals surface area contributed by atoms with Crippen molar-refractivity contribution in [1.82, 2.24) is 10.3 Å². The lowest BCUT2D eigenvalue weighted by Gasteiger charge is -2.07. The summed E-state index contributed by atoms with van der Waals surface area (Å²) >= 11 is 0. The molecular formula is C9H13N3O2. The van der Waals surface area contributed by atoms with Crippen LogP contribution in [-0.4, -0.2) is 28.6 Å². The van der Waals surface area contributed by atoms with Crippen LogP contribution in [0.3, 0.4) is 0 Å². The van der Waals surface area contributed by atoms with Crippen LogP contribution in [-0.2, 0) is 0 Å². The summed E-state index contributed by atoms with van der Waals surface area (Å²) in [7, 11) is 0. The maximum Gasteiger partial charge on any atom is 0.272 e. The van der Waals surface area contributed by atoms with E-state index in [0.29, 0.717) is 5.69 Å². The Kier molecular flexibility index (Phi) is 3.41. The van der Waals surface area contributed by atoms with Crippen molar-refractivity contribution >= 4 is 11.6 Å². The molecule has 14 heavy (non-hydrogen) atoms. The maximum absolute atomic E-state index is 11.4. The van der Waals surface area contributed by atoms with Crippen LogP contribution >= 0.6 is 0 Å². The molecule has 1 rings (SSSR count). The van der Waals surface area contributed by atoms with Gasteiger partial charge in [0.2, 0.25) is 0 Å². The molecule has 0 bridgehead atoms. The number of rotatable bonds is 3. The lowest BCUT2D eigenvalue weighted by atomic mass is 10.3. The van der Waals surface area contributed by atoms with E-state index in [4.69, 9.17) is 10.8 Å². The first-order valence-corrected chi connectivity index (χ1v) is 4.28. The zero-order valence-electron chi connectivity index (χ0n) is 7.90. The largest absolute Gasteiger partial charge is 0.397 e. The highest BCUT2D eigenvalue weighted by molar-refractivity contribution is 5.96. The number of nitrogen functional groups attached to an aromatic ring is 1. The number of carbonyl (C=O) groups is 1. The molecule has 0 spiro atoms. The molecule has 0 saturated heterocycles. The van der Waals surface area contributed by atoms with Crippen molar-refractivity contribution in [3.8, 4) is 0 Å². The van der Waals surface area contributed by atoms with Gasteiger partial charge in [0, 0.05) is 12.7 Å². The first-order chi connectivity index (χ1) is 6.61. The number of aliphatic hydroxyl groups is 1. The molecule has 0 radical (unpaired) electrons. The van der Waals surface area contributed by atoms with E-state index in [1.165, 1.54) is 6.20 Å². The minimum atomic E-state index is -0.580. The van der Waals surface area contributed by atoms with Gasteiger partial charge in [0.15, 0.2) is 5.69 Å². The molecule has 5 heteroatoms. The van der Waals surface area contributed by atoms with Gasteiger partial charge in [0.25, 0.3) is 5.91 Å². The highest BCUT2D eigenvalue weighted by Gasteiger charge is 2.10. The highest BCUT2D eigenvalue weighted by atomic mass is 16.3. The molecule has 1 aromatic heterocycles. The average Bonchev–Trinajstić information content (AvgIpc) is 2.15. The van der Waals surface area contributed by atoms with Crippen LogP contribution in [0.25, 0.3) is 0 Å². The van der Waals surface area contributed by atoms with Crippen molar-refractivity contribution in [2.24, 2.45) is 0 Å². The minimum Gasteiger partial charge on any atom is -0.397 e. The van der Waals surface area contributed by atoms with E-state index in [2.05, 4.69) is 10.3 Å². The van der Waals surface area contributed by atoms with Gasteiger partial charge >= 0.3 is 0 Å². The Morgan fingerprint density at radius 2 is 2.50 bits per heavy atom. The van der Waals surface area contributed by atoms with Gasteiger partial charge in [-0.25, -0.2) is 4.98 Å². The normalized spacial score (nSPS) is 12.1. The molecule has 0 aromatic carbocycles. The number of carbonyl (C=O) groups excluding carboxylic acids is 1. The monoisotopic (exact) mass is 195 g/mol. The Labute approximate surface area is 82.0 Å². The Morgan fingerprint density at radius 3 is 3.07 bits per heavy atom. The fourth-order valence-electron chi connectivity index (χ4n) is 0.932. The van der Waals surface area contributed by atoms with Crippen LogP contribution in [0.15, 0.2) is 18.3 Å². The second-order valence-corrected chi connectivity index (χ2v) is 3.00. The Hall–Kier alpha value is -1.62. The number of nitrogens with two attached hydrogens (primary N) is 1. The Bertz CT molecular complexity index is 326. The third kappa shape index (κ3) is 2.70. The molecule has 0 saturated carbocycles. The first-order valence-electron chi connectivity index (χ1n) is 4.28. The fraction of sp³-hybridized carbons (Fsp3) is 0.333.